The number of aromatic nitrogens is 2. The molecule has 0 aliphatic carbocycles. The highest BCUT2D eigenvalue weighted by Gasteiger charge is 2.36. The van der Waals surface area contributed by atoms with E-state index < -0.39 is 11.7 Å². The van der Waals surface area contributed by atoms with E-state index in [1.807, 2.05) is 27.7 Å². The lowest BCUT2D eigenvalue weighted by atomic mass is 10.2. The molecule has 3 aromatic rings. The normalized spacial score (nSPS) is 11.6. The maximum atomic E-state index is 13.7. The van der Waals surface area contributed by atoms with Gasteiger partial charge in [0, 0.05) is 24.6 Å². The number of rotatable bonds is 8. The van der Waals surface area contributed by atoms with Gasteiger partial charge in [0.1, 0.15) is 17.1 Å². The lowest BCUT2D eigenvalue weighted by molar-refractivity contribution is -0.137. The van der Waals surface area contributed by atoms with Crippen molar-refractivity contribution >= 4 is 23.1 Å². The maximum absolute atomic E-state index is 13.7. The van der Waals surface area contributed by atoms with Gasteiger partial charge in [-0.25, -0.2) is 4.98 Å². The van der Waals surface area contributed by atoms with Crippen molar-refractivity contribution in [1.29, 1.82) is 0 Å². The molecular weight excluding hydrogens is 433 g/mol. The molecule has 0 saturated carbocycles. The summed E-state index contributed by atoms with van der Waals surface area (Å²) in [6, 6.07) is 13.8. The molecule has 1 N–H and O–H groups in total. The zero-order valence-corrected chi connectivity index (χ0v) is 19.1. The Labute approximate surface area is 191 Å². The Morgan fingerprint density at radius 2 is 1.36 bits per heavy atom. The number of nitrogens with zero attached hydrogens (tertiary/aromatic N) is 3. The number of anilines is 4. The lowest BCUT2D eigenvalue weighted by Gasteiger charge is -2.23. The van der Waals surface area contributed by atoms with Crippen molar-refractivity contribution in [3.63, 3.8) is 0 Å². The van der Waals surface area contributed by atoms with Crippen LogP contribution >= 0.6 is 0 Å². The van der Waals surface area contributed by atoms with Crippen molar-refractivity contribution in [2.24, 2.45) is 0 Å². The Bertz CT molecular complexity index is 1050. The van der Waals surface area contributed by atoms with Gasteiger partial charge in [-0.3, -0.25) is 0 Å². The summed E-state index contributed by atoms with van der Waals surface area (Å²) in [5.74, 6) is 1.10. The van der Waals surface area contributed by atoms with Gasteiger partial charge in [-0.05, 0) is 76.2 Å². The van der Waals surface area contributed by atoms with Crippen LogP contribution in [0.4, 0.5) is 36.3 Å². The average Bonchev–Trinajstić information content (AvgIpc) is 2.73. The van der Waals surface area contributed by atoms with Crippen molar-refractivity contribution in [2.75, 3.05) is 17.3 Å². The van der Waals surface area contributed by atoms with E-state index in [1.165, 1.54) is 11.9 Å². The van der Waals surface area contributed by atoms with Gasteiger partial charge in [0.2, 0.25) is 5.95 Å². The van der Waals surface area contributed by atoms with Crippen LogP contribution in [0.15, 0.2) is 54.7 Å². The van der Waals surface area contributed by atoms with Crippen LogP contribution in [0, 0.1) is 0 Å². The van der Waals surface area contributed by atoms with Crippen molar-refractivity contribution in [3.05, 3.63) is 60.3 Å². The van der Waals surface area contributed by atoms with Crippen molar-refractivity contribution in [2.45, 2.75) is 46.1 Å². The zero-order valence-electron chi connectivity index (χ0n) is 19.1. The molecule has 3 rings (SSSR count). The minimum atomic E-state index is -4.61. The quantitative estimate of drug-likeness (QED) is 0.410. The van der Waals surface area contributed by atoms with Crippen molar-refractivity contribution in [1.82, 2.24) is 9.97 Å². The molecule has 9 heteroatoms. The van der Waals surface area contributed by atoms with E-state index in [4.69, 9.17) is 9.47 Å². The molecule has 0 aliphatic heterocycles. The van der Waals surface area contributed by atoms with Gasteiger partial charge in [0.25, 0.3) is 0 Å². The summed E-state index contributed by atoms with van der Waals surface area (Å²) in [6.07, 6.45) is -3.80. The Kier molecular flexibility index (Phi) is 7.30. The Morgan fingerprint density at radius 1 is 0.848 bits per heavy atom. The van der Waals surface area contributed by atoms with Gasteiger partial charge < -0.3 is 19.7 Å². The van der Waals surface area contributed by atoms with Gasteiger partial charge in [-0.1, -0.05) is 0 Å². The standard InChI is InChI=1S/C24H27F3N4O2/c1-15(2)32-19-10-6-17(7-11-19)29-23-28-14-21(24(25,26)27)22(30-23)31(5)18-8-12-20(13-9-18)33-16(3)4/h6-16H,1-5H3,(H,28,29,30). The second-order valence-corrected chi connectivity index (χ2v) is 7.96. The lowest BCUT2D eigenvalue weighted by Crippen LogP contribution is -2.19. The molecule has 6 nitrogen and oxygen atoms in total. The topological polar surface area (TPSA) is 59.5 Å². The molecule has 33 heavy (non-hydrogen) atoms. The number of halogens is 3. The second kappa shape index (κ2) is 9.97. The molecule has 0 amide bonds. The second-order valence-electron chi connectivity index (χ2n) is 7.96. The molecule has 1 heterocycles. The molecule has 0 saturated heterocycles. The first-order valence-corrected chi connectivity index (χ1v) is 10.5. The monoisotopic (exact) mass is 460 g/mol. The molecule has 176 valence electrons. The van der Waals surface area contributed by atoms with Crippen LogP contribution in [-0.2, 0) is 6.18 Å². The molecule has 0 spiro atoms. The molecule has 2 aromatic carbocycles. The Balaban J connectivity index is 1.88. The van der Waals surface area contributed by atoms with Gasteiger partial charge in [-0.15, -0.1) is 0 Å². The van der Waals surface area contributed by atoms with Gasteiger partial charge in [0.05, 0.1) is 12.2 Å². The van der Waals surface area contributed by atoms with Crippen LogP contribution in [0.1, 0.15) is 33.3 Å². The molecule has 0 unspecified atom stereocenters. The summed E-state index contributed by atoms with van der Waals surface area (Å²) >= 11 is 0. The van der Waals surface area contributed by atoms with Gasteiger partial charge >= 0.3 is 6.18 Å². The Morgan fingerprint density at radius 3 is 1.85 bits per heavy atom. The van der Waals surface area contributed by atoms with Crippen molar-refractivity contribution < 1.29 is 22.6 Å². The molecule has 0 aliphatic rings. The fraction of sp³-hybridized carbons (Fsp3) is 0.333. The fourth-order valence-corrected chi connectivity index (χ4v) is 3.05. The van der Waals surface area contributed by atoms with E-state index in [0.717, 1.165) is 6.20 Å². The molecule has 0 atom stereocenters. The number of ether oxygens (including phenoxy) is 2. The highest BCUT2D eigenvalue weighted by Crippen LogP contribution is 2.38. The smallest absolute Gasteiger partial charge is 0.421 e. The van der Waals surface area contributed by atoms with E-state index in [-0.39, 0.29) is 24.0 Å². The summed E-state index contributed by atoms with van der Waals surface area (Å²) in [5.41, 5.74) is 0.213. The number of hydrogen-bond acceptors (Lipinski definition) is 6. The predicted octanol–water partition coefficient (Wildman–Crippen LogP) is 6.58. The van der Waals surface area contributed by atoms with Crippen LogP contribution in [0.5, 0.6) is 11.5 Å². The first-order valence-electron chi connectivity index (χ1n) is 10.5. The first-order chi connectivity index (χ1) is 15.5. The van der Waals surface area contributed by atoms with Gasteiger partial charge in [-0.2, -0.15) is 18.2 Å². The van der Waals surface area contributed by atoms with E-state index in [9.17, 15) is 13.2 Å². The van der Waals surface area contributed by atoms with Crippen LogP contribution in [-0.4, -0.2) is 29.2 Å². The maximum Gasteiger partial charge on any atom is 0.421 e. The van der Waals surface area contributed by atoms with Crippen LogP contribution < -0.4 is 19.7 Å². The minimum Gasteiger partial charge on any atom is -0.491 e. The molecule has 0 radical (unpaired) electrons. The summed E-state index contributed by atoms with van der Waals surface area (Å²) in [7, 11) is 1.53. The van der Waals surface area contributed by atoms with Crippen LogP contribution in [0.25, 0.3) is 0 Å². The van der Waals surface area contributed by atoms with Crippen molar-refractivity contribution in [3.8, 4) is 11.5 Å². The average molecular weight is 461 g/mol. The van der Waals surface area contributed by atoms with E-state index >= 15 is 0 Å². The molecule has 1 aromatic heterocycles. The van der Waals surface area contributed by atoms with Crippen LogP contribution in [0.2, 0.25) is 0 Å². The number of benzene rings is 2. The van der Waals surface area contributed by atoms with Crippen LogP contribution in [0.3, 0.4) is 0 Å². The third-order valence-corrected chi connectivity index (χ3v) is 4.47. The summed E-state index contributed by atoms with van der Waals surface area (Å²) < 4.78 is 52.2. The molecular formula is C24H27F3N4O2. The number of alkyl halides is 3. The SMILES string of the molecule is CC(C)Oc1ccc(Nc2ncc(C(F)(F)F)c(N(C)c3ccc(OC(C)C)cc3)n2)cc1. The third-order valence-electron chi connectivity index (χ3n) is 4.47. The summed E-state index contributed by atoms with van der Waals surface area (Å²) in [6.45, 7) is 7.64. The predicted molar refractivity (Wildman–Crippen MR) is 123 cm³/mol. The van der Waals surface area contributed by atoms with E-state index in [0.29, 0.717) is 22.9 Å². The fourth-order valence-electron chi connectivity index (χ4n) is 3.05. The largest absolute Gasteiger partial charge is 0.491 e. The van der Waals surface area contributed by atoms with E-state index in [2.05, 4.69) is 15.3 Å². The highest BCUT2D eigenvalue weighted by atomic mass is 19.4. The molecule has 0 bridgehead atoms. The number of hydrogen-bond donors (Lipinski definition) is 1. The summed E-state index contributed by atoms with van der Waals surface area (Å²) in [4.78, 5) is 9.42. The highest BCUT2D eigenvalue weighted by molar-refractivity contribution is 5.65. The number of nitrogens with one attached hydrogen (secondary N) is 1. The Hall–Kier alpha value is -3.49. The molecule has 0 fully saturated rings. The summed E-state index contributed by atoms with van der Waals surface area (Å²) in [5, 5.41) is 2.95. The van der Waals surface area contributed by atoms with Gasteiger partial charge in [0.15, 0.2) is 5.82 Å². The third kappa shape index (κ3) is 6.50. The zero-order chi connectivity index (χ0) is 24.2. The first kappa shape index (κ1) is 24.2. The minimum absolute atomic E-state index is 0.00749. The van der Waals surface area contributed by atoms with E-state index in [1.54, 1.807) is 48.5 Å².